The van der Waals surface area contributed by atoms with Crippen LogP contribution in [0.15, 0.2) is 33.5 Å². The van der Waals surface area contributed by atoms with Gasteiger partial charge in [0.25, 0.3) is 5.91 Å². The molecule has 2 atom stereocenters. The molecule has 0 spiro atoms. The molecule has 122 valence electrons. The number of rotatable bonds is 2. The Balaban J connectivity index is 1.98. The van der Waals surface area contributed by atoms with Gasteiger partial charge in [-0.15, -0.1) is 0 Å². The smallest absolute Gasteiger partial charge is 0.289 e. The molecule has 2 unspecified atom stereocenters. The highest BCUT2D eigenvalue weighted by molar-refractivity contribution is 5.93. The van der Waals surface area contributed by atoms with E-state index in [1.165, 1.54) is 13.2 Å². The second kappa shape index (κ2) is 6.04. The van der Waals surface area contributed by atoms with Crippen LogP contribution < -0.4 is 10.2 Å². The lowest BCUT2D eigenvalue weighted by Crippen LogP contribution is -2.48. The first-order chi connectivity index (χ1) is 11.0. The van der Waals surface area contributed by atoms with Crippen LogP contribution >= 0.6 is 0 Å². The zero-order valence-corrected chi connectivity index (χ0v) is 13.4. The van der Waals surface area contributed by atoms with Gasteiger partial charge in [-0.1, -0.05) is 0 Å². The van der Waals surface area contributed by atoms with Crippen molar-refractivity contribution in [2.45, 2.75) is 26.1 Å². The third kappa shape index (κ3) is 3.07. The maximum atomic E-state index is 12.6. The van der Waals surface area contributed by atoms with Gasteiger partial charge in [-0.2, -0.15) is 0 Å². The van der Waals surface area contributed by atoms with Crippen molar-refractivity contribution in [3.63, 3.8) is 0 Å². The number of morpholine rings is 1. The number of benzene rings is 1. The molecule has 0 radical (unpaired) electrons. The van der Waals surface area contributed by atoms with Crippen LogP contribution in [0.3, 0.4) is 0 Å². The standard InChI is InChI=1S/C17H19NO5/c1-10-8-18(9-11(2)22-10)17(20)16-7-14(19)13-5-4-12(21-3)6-15(13)23-16/h4-7,10-11H,8-9H2,1-3H3. The molecule has 3 rings (SSSR count). The van der Waals surface area contributed by atoms with E-state index < -0.39 is 0 Å². The molecule has 0 bridgehead atoms. The molecule has 6 heteroatoms. The van der Waals surface area contributed by atoms with Gasteiger partial charge in [-0.05, 0) is 26.0 Å². The topological polar surface area (TPSA) is 69.0 Å². The Labute approximate surface area is 133 Å². The lowest BCUT2D eigenvalue weighted by atomic mass is 10.2. The molecule has 1 aromatic carbocycles. The van der Waals surface area contributed by atoms with Crippen LogP contribution in [0.2, 0.25) is 0 Å². The average Bonchev–Trinajstić information content (AvgIpc) is 2.52. The Morgan fingerprint density at radius 2 is 1.91 bits per heavy atom. The van der Waals surface area contributed by atoms with E-state index in [0.29, 0.717) is 29.8 Å². The van der Waals surface area contributed by atoms with Crippen molar-refractivity contribution in [3.05, 3.63) is 40.2 Å². The summed E-state index contributed by atoms with van der Waals surface area (Å²) in [6, 6.07) is 6.18. The summed E-state index contributed by atoms with van der Waals surface area (Å²) >= 11 is 0. The summed E-state index contributed by atoms with van der Waals surface area (Å²) in [4.78, 5) is 26.5. The molecule has 2 aromatic rings. The highest BCUT2D eigenvalue weighted by Gasteiger charge is 2.28. The van der Waals surface area contributed by atoms with E-state index in [1.54, 1.807) is 23.1 Å². The minimum atomic E-state index is -0.297. The van der Waals surface area contributed by atoms with Gasteiger partial charge >= 0.3 is 0 Å². The molecule has 0 aliphatic carbocycles. The molecule has 2 heterocycles. The fourth-order valence-corrected chi connectivity index (χ4v) is 2.87. The van der Waals surface area contributed by atoms with E-state index in [4.69, 9.17) is 13.9 Å². The molecule has 6 nitrogen and oxygen atoms in total. The van der Waals surface area contributed by atoms with Gasteiger partial charge in [0.1, 0.15) is 11.3 Å². The summed E-state index contributed by atoms with van der Waals surface area (Å²) in [7, 11) is 1.53. The van der Waals surface area contributed by atoms with Crippen LogP contribution in [-0.4, -0.2) is 43.2 Å². The summed E-state index contributed by atoms with van der Waals surface area (Å²) in [6.45, 7) is 4.78. The Kier molecular flexibility index (Phi) is 4.09. The monoisotopic (exact) mass is 317 g/mol. The Bertz CT molecular complexity index is 787. The molecule has 0 N–H and O–H groups in total. The van der Waals surface area contributed by atoms with Gasteiger partial charge in [0.05, 0.1) is 24.7 Å². The third-order valence-corrected chi connectivity index (χ3v) is 3.85. The van der Waals surface area contributed by atoms with E-state index in [-0.39, 0.29) is 29.3 Å². The fraction of sp³-hybridized carbons (Fsp3) is 0.412. The summed E-state index contributed by atoms with van der Waals surface area (Å²) < 4.78 is 16.4. The largest absolute Gasteiger partial charge is 0.497 e. The minimum Gasteiger partial charge on any atom is -0.497 e. The molecule has 0 saturated carbocycles. The first kappa shape index (κ1) is 15.6. The Hall–Kier alpha value is -2.34. The molecule has 1 amide bonds. The SMILES string of the molecule is COc1ccc2c(=O)cc(C(=O)N3CC(C)OC(C)C3)oc2c1. The van der Waals surface area contributed by atoms with E-state index in [2.05, 4.69) is 0 Å². The van der Waals surface area contributed by atoms with Crippen LogP contribution in [0, 0.1) is 0 Å². The van der Waals surface area contributed by atoms with Crippen molar-refractivity contribution in [1.29, 1.82) is 0 Å². The van der Waals surface area contributed by atoms with Crippen LogP contribution in [0.4, 0.5) is 0 Å². The predicted molar refractivity (Wildman–Crippen MR) is 84.9 cm³/mol. The predicted octanol–water partition coefficient (Wildman–Crippen LogP) is 2.05. The number of carbonyl (C=O) groups excluding carboxylic acids is 1. The number of nitrogens with zero attached hydrogens (tertiary/aromatic N) is 1. The maximum absolute atomic E-state index is 12.6. The van der Waals surface area contributed by atoms with E-state index in [0.717, 1.165) is 0 Å². The zero-order chi connectivity index (χ0) is 16.6. The first-order valence-electron chi connectivity index (χ1n) is 7.54. The van der Waals surface area contributed by atoms with E-state index in [1.807, 2.05) is 13.8 Å². The van der Waals surface area contributed by atoms with Gasteiger partial charge < -0.3 is 18.8 Å². The molecule has 1 saturated heterocycles. The quantitative estimate of drug-likeness (QED) is 0.848. The number of carbonyl (C=O) groups is 1. The van der Waals surface area contributed by atoms with Crippen molar-refractivity contribution in [1.82, 2.24) is 4.90 Å². The number of ether oxygens (including phenoxy) is 2. The third-order valence-electron chi connectivity index (χ3n) is 3.85. The number of methoxy groups -OCH3 is 1. The van der Waals surface area contributed by atoms with Crippen molar-refractivity contribution < 1.29 is 18.7 Å². The number of hydrogen-bond acceptors (Lipinski definition) is 5. The zero-order valence-electron chi connectivity index (χ0n) is 13.4. The maximum Gasteiger partial charge on any atom is 0.289 e. The number of hydrogen-bond donors (Lipinski definition) is 0. The molecular weight excluding hydrogens is 298 g/mol. The minimum absolute atomic E-state index is 0.0389. The average molecular weight is 317 g/mol. The Morgan fingerprint density at radius 3 is 2.57 bits per heavy atom. The van der Waals surface area contributed by atoms with Crippen molar-refractivity contribution in [2.75, 3.05) is 20.2 Å². The lowest BCUT2D eigenvalue weighted by molar-refractivity contribution is -0.0592. The second-order valence-electron chi connectivity index (χ2n) is 5.80. The van der Waals surface area contributed by atoms with Crippen LogP contribution in [0.25, 0.3) is 11.0 Å². The second-order valence-corrected chi connectivity index (χ2v) is 5.80. The molecule has 23 heavy (non-hydrogen) atoms. The summed E-state index contributed by atoms with van der Waals surface area (Å²) in [5, 5.41) is 0.422. The van der Waals surface area contributed by atoms with E-state index in [9.17, 15) is 9.59 Å². The molecule has 1 aromatic heterocycles. The van der Waals surface area contributed by atoms with E-state index >= 15 is 0 Å². The van der Waals surface area contributed by atoms with Crippen molar-refractivity contribution in [2.24, 2.45) is 0 Å². The number of fused-ring (bicyclic) bond motifs is 1. The summed E-state index contributed by atoms with van der Waals surface area (Å²) in [6.07, 6.45) is -0.0926. The van der Waals surface area contributed by atoms with Crippen molar-refractivity contribution in [3.8, 4) is 5.75 Å². The molecule has 1 fully saturated rings. The van der Waals surface area contributed by atoms with Gasteiger partial charge in [0.2, 0.25) is 0 Å². The summed E-state index contributed by atoms with van der Waals surface area (Å²) in [5.74, 6) is 0.310. The Morgan fingerprint density at radius 1 is 1.22 bits per heavy atom. The van der Waals surface area contributed by atoms with Crippen LogP contribution in [0.5, 0.6) is 5.75 Å². The van der Waals surface area contributed by atoms with Gasteiger partial charge in [-0.25, -0.2) is 0 Å². The lowest BCUT2D eigenvalue weighted by Gasteiger charge is -2.34. The van der Waals surface area contributed by atoms with Crippen LogP contribution in [0.1, 0.15) is 24.4 Å². The first-order valence-corrected chi connectivity index (χ1v) is 7.54. The fourth-order valence-electron chi connectivity index (χ4n) is 2.87. The van der Waals surface area contributed by atoms with Gasteiger partial charge in [-0.3, -0.25) is 9.59 Å². The highest BCUT2D eigenvalue weighted by Crippen LogP contribution is 2.21. The summed E-state index contributed by atoms with van der Waals surface area (Å²) in [5.41, 5.74) is 0.0983. The number of amides is 1. The molecular formula is C17H19NO5. The highest BCUT2D eigenvalue weighted by atomic mass is 16.5. The van der Waals surface area contributed by atoms with Crippen LogP contribution in [-0.2, 0) is 4.74 Å². The molecule has 1 aliphatic heterocycles. The molecule has 1 aliphatic rings. The van der Waals surface area contributed by atoms with Crippen molar-refractivity contribution >= 4 is 16.9 Å². The normalized spacial score (nSPS) is 21.4. The van der Waals surface area contributed by atoms with Gasteiger partial charge in [0.15, 0.2) is 11.2 Å². The van der Waals surface area contributed by atoms with Gasteiger partial charge in [0, 0.05) is 25.2 Å².